The number of nitrogens with one attached hydrogen (secondary N) is 2. The number of hydrogen-bond donors (Lipinski definition) is 2. The molecule has 0 unspecified atom stereocenters. The third-order valence-corrected chi connectivity index (χ3v) is 4.53. The Labute approximate surface area is 162 Å². The van der Waals surface area contributed by atoms with Crippen molar-refractivity contribution < 1.29 is 9.53 Å². The topological polar surface area (TPSA) is 94.0 Å². The van der Waals surface area contributed by atoms with Crippen molar-refractivity contribution in [3.8, 4) is 11.4 Å². The first-order valence-electron chi connectivity index (χ1n) is 9.33. The van der Waals surface area contributed by atoms with Gasteiger partial charge in [-0.25, -0.2) is 0 Å². The maximum atomic E-state index is 12.2. The molecule has 0 spiro atoms. The summed E-state index contributed by atoms with van der Waals surface area (Å²) in [5, 5.41) is 18.7. The lowest BCUT2D eigenvalue weighted by Crippen LogP contribution is -2.45. The van der Waals surface area contributed by atoms with Crippen LogP contribution >= 0.6 is 0 Å². The highest BCUT2D eigenvalue weighted by Crippen LogP contribution is 2.14. The van der Waals surface area contributed by atoms with E-state index in [0.717, 1.165) is 29.8 Å². The number of aromatic nitrogens is 4. The van der Waals surface area contributed by atoms with E-state index >= 15 is 0 Å². The summed E-state index contributed by atoms with van der Waals surface area (Å²) in [6, 6.07) is 17.6. The number of ether oxygens (including phenoxy) is 1. The minimum Gasteiger partial charge on any atom is -0.366 e. The Balaban J connectivity index is 1.30. The molecule has 0 radical (unpaired) electrons. The van der Waals surface area contributed by atoms with E-state index in [2.05, 4.69) is 26.0 Å². The lowest BCUT2D eigenvalue weighted by molar-refractivity contribution is -0.128. The van der Waals surface area contributed by atoms with Crippen LogP contribution in [-0.4, -0.2) is 51.9 Å². The van der Waals surface area contributed by atoms with Crippen LogP contribution in [0.4, 0.5) is 5.69 Å². The van der Waals surface area contributed by atoms with Gasteiger partial charge in [-0.1, -0.05) is 42.5 Å². The van der Waals surface area contributed by atoms with Crippen molar-refractivity contribution in [2.45, 2.75) is 19.1 Å². The van der Waals surface area contributed by atoms with Crippen LogP contribution in [0.25, 0.3) is 11.4 Å². The number of tetrazole rings is 1. The number of nitrogens with zero attached hydrogens (tertiary/aromatic N) is 4. The molecule has 28 heavy (non-hydrogen) atoms. The maximum absolute atomic E-state index is 12.2. The number of benzene rings is 2. The van der Waals surface area contributed by atoms with Crippen molar-refractivity contribution in [2.24, 2.45) is 0 Å². The average Bonchev–Trinajstić information content (AvgIpc) is 3.24. The zero-order chi connectivity index (χ0) is 19.2. The first-order chi connectivity index (χ1) is 13.8. The molecular weight excluding hydrogens is 356 g/mol. The summed E-state index contributed by atoms with van der Waals surface area (Å²) < 4.78 is 5.46. The highest BCUT2D eigenvalue weighted by molar-refractivity contribution is 5.94. The van der Waals surface area contributed by atoms with Gasteiger partial charge in [0.2, 0.25) is 5.82 Å². The van der Waals surface area contributed by atoms with E-state index in [1.165, 1.54) is 0 Å². The summed E-state index contributed by atoms with van der Waals surface area (Å²) in [4.78, 5) is 13.8. The second-order valence-electron chi connectivity index (χ2n) is 6.57. The summed E-state index contributed by atoms with van der Waals surface area (Å²) in [6.45, 7) is 2.51. The van der Waals surface area contributed by atoms with Gasteiger partial charge in [-0.05, 0) is 29.3 Å². The van der Waals surface area contributed by atoms with E-state index < -0.39 is 6.10 Å². The molecule has 8 heteroatoms. The lowest BCUT2D eigenvalue weighted by atomic mass is 10.1. The van der Waals surface area contributed by atoms with E-state index in [-0.39, 0.29) is 5.91 Å². The molecular formula is C20H22N6O2. The number of aryl methyl sites for hydroxylation is 2. The summed E-state index contributed by atoms with van der Waals surface area (Å²) in [5.74, 6) is 0.498. The van der Waals surface area contributed by atoms with Gasteiger partial charge in [-0.3, -0.25) is 4.79 Å². The number of amides is 1. The Bertz CT molecular complexity index is 904. The lowest BCUT2D eigenvalue weighted by Gasteiger charge is -2.22. The summed E-state index contributed by atoms with van der Waals surface area (Å²) >= 11 is 0. The molecule has 1 aliphatic heterocycles. The van der Waals surface area contributed by atoms with Gasteiger partial charge in [0, 0.05) is 24.3 Å². The fraction of sp³-hybridized carbons (Fsp3) is 0.300. The quantitative estimate of drug-likeness (QED) is 0.675. The molecule has 3 aromatic rings. The first-order valence-corrected chi connectivity index (χ1v) is 9.33. The number of anilines is 1. The van der Waals surface area contributed by atoms with Gasteiger partial charge in [0.25, 0.3) is 5.91 Å². The van der Waals surface area contributed by atoms with Crippen molar-refractivity contribution in [1.29, 1.82) is 0 Å². The third kappa shape index (κ3) is 4.59. The fourth-order valence-corrected chi connectivity index (χ4v) is 2.98. The van der Waals surface area contributed by atoms with Crippen LogP contribution in [-0.2, 0) is 22.5 Å². The molecule has 2 N–H and O–H groups in total. The van der Waals surface area contributed by atoms with Crippen molar-refractivity contribution in [1.82, 2.24) is 25.5 Å². The standard InChI is InChI=1S/C20H22N6O2/c27-20(18-14-21-11-13-28-18)22-17-8-6-15(7-9-17)10-12-26-24-19(23-25-26)16-4-2-1-3-5-16/h1-9,18,21H,10-14H2,(H,22,27)/t18-/m1/s1. The second kappa shape index (κ2) is 8.73. The number of carbonyl (C=O) groups is 1. The molecule has 2 aromatic carbocycles. The van der Waals surface area contributed by atoms with Crippen LogP contribution in [0.2, 0.25) is 0 Å². The van der Waals surface area contributed by atoms with Crippen LogP contribution in [0.3, 0.4) is 0 Å². The molecule has 0 saturated carbocycles. The van der Waals surface area contributed by atoms with Gasteiger partial charge in [0.15, 0.2) is 0 Å². The smallest absolute Gasteiger partial charge is 0.254 e. The Hall–Kier alpha value is -3.10. The third-order valence-electron chi connectivity index (χ3n) is 4.53. The Morgan fingerprint density at radius 3 is 2.75 bits per heavy atom. The molecule has 1 amide bonds. The monoisotopic (exact) mass is 378 g/mol. The zero-order valence-corrected chi connectivity index (χ0v) is 15.4. The zero-order valence-electron chi connectivity index (χ0n) is 15.4. The molecule has 4 rings (SSSR count). The highest BCUT2D eigenvalue weighted by atomic mass is 16.5. The normalized spacial score (nSPS) is 16.6. The van der Waals surface area contributed by atoms with E-state index in [9.17, 15) is 4.79 Å². The minimum absolute atomic E-state index is 0.125. The molecule has 2 heterocycles. The fourth-order valence-electron chi connectivity index (χ4n) is 2.98. The Morgan fingerprint density at radius 1 is 1.18 bits per heavy atom. The predicted molar refractivity (Wildman–Crippen MR) is 105 cm³/mol. The number of rotatable bonds is 6. The van der Waals surface area contributed by atoms with Gasteiger partial charge < -0.3 is 15.4 Å². The van der Waals surface area contributed by atoms with E-state index in [0.29, 0.717) is 25.5 Å². The molecule has 8 nitrogen and oxygen atoms in total. The van der Waals surface area contributed by atoms with E-state index in [1.807, 2.05) is 54.6 Å². The van der Waals surface area contributed by atoms with Gasteiger partial charge in [0.05, 0.1) is 13.2 Å². The molecule has 144 valence electrons. The van der Waals surface area contributed by atoms with Crippen LogP contribution in [0, 0.1) is 0 Å². The number of hydrogen-bond acceptors (Lipinski definition) is 6. The Kier molecular flexibility index (Phi) is 5.69. The molecule has 1 fully saturated rings. The van der Waals surface area contributed by atoms with Gasteiger partial charge in [-0.15, -0.1) is 10.2 Å². The predicted octanol–water partition coefficient (Wildman–Crippen LogP) is 1.51. The molecule has 0 aliphatic carbocycles. The van der Waals surface area contributed by atoms with Crippen molar-refractivity contribution in [2.75, 3.05) is 25.0 Å². The first kappa shape index (κ1) is 18.3. The minimum atomic E-state index is -0.439. The molecule has 1 aliphatic rings. The molecule has 1 saturated heterocycles. The van der Waals surface area contributed by atoms with Gasteiger partial charge >= 0.3 is 0 Å². The number of carbonyl (C=O) groups excluding carboxylic acids is 1. The average molecular weight is 378 g/mol. The maximum Gasteiger partial charge on any atom is 0.254 e. The number of morpholine rings is 1. The largest absolute Gasteiger partial charge is 0.366 e. The SMILES string of the molecule is O=C(Nc1ccc(CCn2nnc(-c3ccccc3)n2)cc1)[C@H]1CNCCO1. The summed E-state index contributed by atoms with van der Waals surface area (Å²) in [5.41, 5.74) is 2.84. The van der Waals surface area contributed by atoms with Crippen LogP contribution in [0.15, 0.2) is 54.6 Å². The van der Waals surface area contributed by atoms with Crippen LogP contribution in [0.1, 0.15) is 5.56 Å². The van der Waals surface area contributed by atoms with Crippen LogP contribution in [0.5, 0.6) is 0 Å². The molecule has 1 atom stereocenters. The van der Waals surface area contributed by atoms with Crippen molar-refractivity contribution in [3.63, 3.8) is 0 Å². The van der Waals surface area contributed by atoms with E-state index in [1.54, 1.807) is 4.80 Å². The summed E-state index contributed by atoms with van der Waals surface area (Å²) in [7, 11) is 0. The van der Waals surface area contributed by atoms with Crippen molar-refractivity contribution in [3.05, 3.63) is 60.2 Å². The summed E-state index contributed by atoms with van der Waals surface area (Å²) in [6.07, 6.45) is 0.333. The highest BCUT2D eigenvalue weighted by Gasteiger charge is 2.21. The van der Waals surface area contributed by atoms with Crippen molar-refractivity contribution >= 4 is 11.6 Å². The Morgan fingerprint density at radius 2 is 2.00 bits per heavy atom. The van der Waals surface area contributed by atoms with E-state index in [4.69, 9.17) is 4.74 Å². The molecule has 0 bridgehead atoms. The molecule has 1 aromatic heterocycles. The van der Waals surface area contributed by atoms with Gasteiger partial charge in [-0.2, -0.15) is 4.80 Å². The van der Waals surface area contributed by atoms with Gasteiger partial charge in [0.1, 0.15) is 6.10 Å². The second-order valence-corrected chi connectivity index (χ2v) is 6.57. The van der Waals surface area contributed by atoms with Crippen LogP contribution < -0.4 is 10.6 Å².